The van der Waals surface area contributed by atoms with Crippen LogP contribution in [0.1, 0.15) is 5.69 Å². The average molecular weight is 339 g/mol. The summed E-state index contributed by atoms with van der Waals surface area (Å²) in [5.41, 5.74) is 1.05. The van der Waals surface area contributed by atoms with Crippen LogP contribution in [0.15, 0.2) is 37.1 Å². The van der Waals surface area contributed by atoms with E-state index in [9.17, 15) is 0 Å². The van der Waals surface area contributed by atoms with E-state index in [-0.39, 0.29) is 0 Å². The van der Waals surface area contributed by atoms with Gasteiger partial charge < -0.3 is 4.90 Å². The molecule has 1 aliphatic rings. The van der Waals surface area contributed by atoms with E-state index in [0.717, 1.165) is 56.5 Å². The van der Waals surface area contributed by atoms with Crippen molar-refractivity contribution in [3.05, 3.63) is 42.7 Å². The van der Waals surface area contributed by atoms with Crippen molar-refractivity contribution < 1.29 is 0 Å². The Morgan fingerprint density at radius 3 is 2.64 bits per heavy atom. The van der Waals surface area contributed by atoms with E-state index in [1.165, 1.54) is 0 Å². The maximum atomic E-state index is 4.43. The van der Waals surface area contributed by atoms with E-state index >= 15 is 0 Å². The first-order valence-electron chi connectivity index (χ1n) is 8.42. The summed E-state index contributed by atoms with van der Waals surface area (Å²) in [5, 5.41) is 12.4. The highest BCUT2D eigenvalue weighted by Crippen LogP contribution is 2.15. The number of aromatic nitrogens is 7. The molecular weight excluding hydrogens is 318 g/mol. The van der Waals surface area contributed by atoms with Gasteiger partial charge in [-0.2, -0.15) is 5.10 Å². The lowest BCUT2D eigenvalue weighted by Gasteiger charge is -2.35. The first-order chi connectivity index (χ1) is 12.3. The molecule has 0 radical (unpaired) electrons. The van der Waals surface area contributed by atoms with Crippen molar-refractivity contribution in [2.75, 3.05) is 37.6 Å². The van der Waals surface area contributed by atoms with Gasteiger partial charge >= 0.3 is 0 Å². The molecule has 3 aromatic rings. The van der Waals surface area contributed by atoms with Crippen LogP contribution in [0.3, 0.4) is 0 Å². The average Bonchev–Trinajstić information content (AvgIpc) is 3.32. The molecule has 1 aliphatic heterocycles. The fraction of sp³-hybridized carbons (Fsp3) is 0.438. The monoisotopic (exact) mass is 339 g/mol. The van der Waals surface area contributed by atoms with Crippen LogP contribution in [-0.2, 0) is 13.5 Å². The SMILES string of the molecule is Cn1cc(CCN2CCN(c3cc(-n4cccn4)ncn3)CC2)nn1. The van der Waals surface area contributed by atoms with Gasteiger partial charge in [0.2, 0.25) is 0 Å². The minimum absolute atomic E-state index is 0.792. The van der Waals surface area contributed by atoms with E-state index in [2.05, 4.69) is 35.2 Å². The van der Waals surface area contributed by atoms with Gasteiger partial charge in [0, 0.05) is 70.8 Å². The minimum Gasteiger partial charge on any atom is -0.354 e. The standard InChI is InChI=1S/C16H21N9/c1-22-12-14(20-21-22)3-6-23-7-9-24(10-8-23)15-11-16(18-13-17-15)25-5-2-4-19-25/h2,4-5,11-13H,3,6-10H2,1H3. The predicted molar refractivity (Wildman–Crippen MR) is 92.5 cm³/mol. The molecule has 0 aliphatic carbocycles. The lowest BCUT2D eigenvalue weighted by Crippen LogP contribution is -2.47. The summed E-state index contributed by atoms with van der Waals surface area (Å²) in [7, 11) is 1.90. The third-order valence-corrected chi connectivity index (χ3v) is 4.41. The zero-order chi connectivity index (χ0) is 17.1. The summed E-state index contributed by atoms with van der Waals surface area (Å²) < 4.78 is 3.50. The Morgan fingerprint density at radius 1 is 1.08 bits per heavy atom. The number of hydrogen-bond acceptors (Lipinski definition) is 7. The molecule has 4 rings (SSSR count). The molecule has 0 unspecified atom stereocenters. The molecule has 0 spiro atoms. The van der Waals surface area contributed by atoms with Crippen LogP contribution >= 0.6 is 0 Å². The highest BCUT2D eigenvalue weighted by atomic mass is 15.4. The molecule has 25 heavy (non-hydrogen) atoms. The third-order valence-electron chi connectivity index (χ3n) is 4.41. The van der Waals surface area contributed by atoms with Gasteiger partial charge in [0.25, 0.3) is 0 Å². The quantitative estimate of drug-likeness (QED) is 0.655. The first-order valence-corrected chi connectivity index (χ1v) is 8.42. The molecule has 9 nitrogen and oxygen atoms in total. The number of nitrogens with zero attached hydrogens (tertiary/aromatic N) is 9. The molecule has 0 aromatic carbocycles. The third kappa shape index (κ3) is 3.66. The Balaban J connectivity index is 1.33. The molecule has 1 fully saturated rings. The van der Waals surface area contributed by atoms with Gasteiger partial charge in [0.05, 0.1) is 5.69 Å². The van der Waals surface area contributed by atoms with E-state index in [4.69, 9.17) is 0 Å². The van der Waals surface area contributed by atoms with Crippen molar-refractivity contribution >= 4 is 5.82 Å². The zero-order valence-corrected chi connectivity index (χ0v) is 14.2. The van der Waals surface area contributed by atoms with Crippen LogP contribution < -0.4 is 4.90 Å². The first kappa shape index (κ1) is 15.7. The fourth-order valence-electron chi connectivity index (χ4n) is 3.02. The Morgan fingerprint density at radius 2 is 1.92 bits per heavy atom. The minimum atomic E-state index is 0.792. The Bertz CT molecular complexity index is 803. The number of aryl methyl sites for hydroxylation is 1. The van der Waals surface area contributed by atoms with Gasteiger partial charge in [0.1, 0.15) is 12.1 Å². The molecule has 1 saturated heterocycles. The van der Waals surface area contributed by atoms with Gasteiger partial charge in [-0.3, -0.25) is 9.58 Å². The molecule has 0 atom stereocenters. The molecule has 0 amide bonds. The molecule has 3 aromatic heterocycles. The predicted octanol–water partition coefficient (Wildman–Crippen LogP) is 0.156. The van der Waals surface area contributed by atoms with Crippen LogP contribution in [0.2, 0.25) is 0 Å². The molecular formula is C16H21N9. The van der Waals surface area contributed by atoms with Gasteiger partial charge in [-0.25, -0.2) is 14.6 Å². The number of hydrogen-bond donors (Lipinski definition) is 0. The van der Waals surface area contributed by atoms with Gasteiger partial charge in [0.15, 0.2) is 5.82 Å². The topological polar surface area (TPSA) is 80.8 Å². The number of piperazine rings is 1. The molecule has 0 bridgehead atoms. The van der Waals surface area contributed by atoms with E-state index in [1.807, 2.05) is 31.6 Å². The normalized spacial score (nSPS) is 15.6. The largest absolute Gasteiger partial charge is 0.354 e. The summed E-state index contributed by atoms with van der Waals surface area (Å²) in [6, 6.07) is 3.87. The smallest absolute Gasteiger partial charge is 0.158 e. The second kappa shape index (κ2) is 6.98. The van der Waals surface area contributed by atoms with Gasteiger partial charge in [-0.15, -0.1) is 5.10 Å². The van der Waals surface area contributed by atoms with Crippen molar-refractivity contribution in [3.8, 4) is 5.82 Å². The van der Waals surface area contributed by atoms with Crippen molar-refractivity contribution in [1.29, 1.82) is 0 Å². The van der Waals surface area contributed by atoms with Crippen LogP contribution in [0.5, 0.6) is 0 Å². The molecule has 130 valence electrons. The van der Waals surface area contributed by atoms with Gasteiger partial charge in [-0.05, 0) is 6.07 Å². The summed E-state index contributed by atoms with van der Waals surface area (Å²) in [6.45, 7) is 4.95. The van der Waals surface area contributed by atoms with Crippen molar-refractivity contribution in [3.63, 3.8) is 0 Å². The molecule has 0 saturated carbocycles. The Kier molecular flexibility index (Phi) is 4.38. The fourth-order valence-corrected chi connectivity index (χ4v) is 3.02. The maximum Gasteiger partial charge on any atom is 0.158 e. The van der Waals surface area contributed by atoms with Crippen molar-refractivity contribution in [1.82, 2.24) is 39.6 Å². The number of rotatable bonds is 5. The second-order valence-electron chi connectivity index (χ2n) is 6.15. The Labute approximate surface area is 145 Å². The lowest BCUT2D eigenvalue weighted by atomic mass is 10.2. The Hall–Kier alpha value is -2.81. The number of anilines is 1. The van der Waals surface area contributed by atoms with E-state index in [1.54, 1.807) is 21.9 Å². The molecule has 9 heteroatoms. The molecule has 0 N–H and O–H groups in total. The second-order valence-corrected chi connectivity index (χ2v) is 6.15. The lowest BCUT2D eigenvalue weighted by molar-refractivity contribution is 0.259. The highest BCUT2D eigenvalue weighted by molar-refractivity contribution is 5.43. The van der Waals surface area contributed by atoms with Crippen molar-refractivity contribution in [2.24, 2.45) is 7.05 Å². The maximum absolute atomic E-state index is 4.43. The van der Waals surface area contributed by atoms with Crippen LogP contribution in [0.4, 0.5) is 5.82 Å². The van der Waals surface area contributed by atoms with Gasteiger partial charge in [-0.1, -0.05) is 5.21 Å². The van der Waals surface area contributed by atoms with Crippen LogP contribution in [0, 0.1) is 0 Å². The highest BCUT2D eigenvalue weighted by Gasteiger charge is 2.18. The summed E-state index contributed by atoms with van der Waals surface area (Å²) in [5.74, 6) is 1.74. The summed E-state index contributed by atoms with van der Waals surface area (Å²) in [4.78, 5) is 13.5. The van der Waals surface area contributed by atoms with Crippen LogP contribution in [-0.4, -0.2) is 72.4 Å². The van der Waals surface area contributed by atoms with E-state index < -0.39 is 0 Å². The van der Waals surface area contributed by atoms with Crippen LogP contribution in [0.25, 0.3) is 5.82 Å². The molecule has 4 heterocycles. The van der Waals surface area contributed by atoms with E-state index in [0.29, 0.717) is 0 Å². The summed E-state index contributed by atoms with van der Waals surface area (Å²) in [6.07, 6.45) is 8.15. The zero-order valence-electron chi connectivity index (χ0n) is 14.2. The summed E-state index contributed by atoms with van der Waals surface area (Å²) >= 11 is 0. The van der Waals surface area contributed by atoms with Crippen molar-refractivity contribution in [2.45, 2.75) is 6.42 Å².